The summed E-state index contributed by atoms with van der Waals surface area (Å²) >= 11 is 0. The van der Waals surface area contributed by atoms with Crippen molar-refractivity contribution >= 4 is 11.5 Å². The Morgan fingerprint density at radius 2 is 2.06 bits per heavy atom. The third-order valence-corrected chi connectivity index (χ3v) is 2.80. The minimum Gasteiger partial charge on any atom is -0.490 e. The van der Waals surface area contributed by atoms with Crippen LogP contribution in [-0.2, 0) is 4.79 Å². The van der Waals surface area contributed by atoms with Crippen molar-refractivity contribution in [3.8, 4) is 11.5 Å². The van der Waals surface area contributed by atoms with Crippen molar-refractivity contribution in [1.29, 1.82) is 0 Å². The van der Waals surface area contributed by atoms with E-state index in [-0.39, 0.29) is 0 Å². The van der Waals surface area contributed by atoms with Gasteiger partial charge in [0.25, 0.3) is 0 Å². The zero-order valence-corrected chi connectivity index (χ0v) is 10.3. The van der Waals surface area contributed by atoms with Crippen molar-refractivity contribution in [3.05, 3.63) is 29.8 Å². The molecule has 0 amide bonds. The van der Waals surface area contributed by atoms with Crippen molar-refractivity contribution < 1.29 is 19.4 Å². The predicted octanol–water partition coefficient (Wildman–Crippen LogP) is 2.73. The molecule has 0 aromatic heterocycles. The number of hydrogen-bond acceptors (Lipinski definition) is 3. The zero-order chi connectivity index (χ0) is 13.0. The molecular formula is C14H16O4. The molecule has 1 N–H and O–H groups in total. The molecule has 4 nitrogen and oxygen atoms in total. The number of allylic oxidation sites excluding steroid dienone is 1. The van der Waals surface area contributed by atoms with Crippen LogP contribution in [0.25, 0.3) is 5.57 Å². The van der Waals surface area contributed by atoms with E-state index in [0.717, 1.165) is 23.3 Å². The third kappa shape index (κ3) is 2.83. The molecule has 0 saturated heterocycles. The first-order valence-electron chi connectivity index (χ1n) is 6.04. The second-order valence-corrected chi connectivity index (χ2v) is 4.07. The van der Waals surface area contributed by atoms with Gasteiger partial charge in [-0.15, -0.1) is 0 Å². The van der Waals surface area contributed by atoms with E-state index in [1.54, 1.807) is 0 Å². The predicted molar refractivity (Wildman–Crippen MR) is 68.0 cm³/mol. The van der Waals surface area contributed by atoms with Gasteiger partial charge in [-0.25, -0.2) is 4.79 Å². The summed E-state index contributed by atoms with van der Waals surface area (Å²) in [7, 11) is 0. The van der Waals surface area contributed by atoms with Crippen LogP contribution in [0.1, 0.15) is 25.3 Å². The standard InChI is InChI=1S/C14H16O4/c1-2-10(9-14(15)16)11-4-5-12-13(8-11)18-7-3-6-17-12/h4-5,8-9H,2-3,6-7H2,1H3,(H,15,16)/b10-9+. The van der Waals surface area contributed by atoms with Crippen LogP contribution in [-0.4, -0.2) is 24.3 Å². The largest absolute Gasteiger partial charge is 0.490 e. The molecule has 1 aliphatic rings. The molecule has 0 radical (unpaired) electrons. The number of carboxylic acids is 1. The van der Waals surface area contributed by atoms with Gasteiger partial charge in [-0.3, -0.25) is 0 Å². The summed E-state index contributed by atoms with van der Waals surface area (Å²) < 4.78 is 11.1. The van der Waals surface area contributed by atoms with Gasteiger partial charge in [-0.05, 0) is 29.7 Å². The number of rotatable bonds is 3. The minimum atomic E-state index is -0.932. The van der Waals surface area contributed by atoms with Crippen LogP contribution >= 0.6 is 0 Å². The lowest BCUT2D eigenvalue weighted by molar-refractivity contribution is -0.131. The Hall–Kier alpha value is -1.97. The molecule has 18 heavy (non-hydrogen) atoms. The van der Waals surface area contributed by atoms with Gasteiger partial charge in [0.1, 0.15) is 0 Å². The quantitative estimate of drug-likeness (QED) is 0.836. The highest BCUT2D eigenvalue weighted by molar-refractivity contribution is 5.90. The Labute approximate surface area is 106 Å². The highest BCUT2D eigenvalue weighted by Crippen LogP contribution is 2.33. The van der Waals surface area contributed by atoms with Crippen molar-refractivity contribution in [2.24, 2.45) is 0 Å². The molecule has 0 fully saturated rings. The molecule has 2 rings (SSSR count). The van der Waals surface area contributed by atoms with Crippen LogP contribution in [0.5, 0.6) is 11.5 Å². The number of ether oxygens (including phenoxy) is 2. The van der Waals surface area contributed by atoms with Gasteiger partial charge in [-0.1, -0.05) is 13.0 Å². The lowest BCUT2D eigenvalue weighted by atomic mass is 10.0. The molecular weight excluding hydrogens is 232 g/mol. The molecule has 0 unspecified atom stereocenters. The summed E-state index contributed by atoms with van der Waals surface area (Å²) in [6.07, 6.45) is 2.75. The lowest BCUT2D eigenvalue weighted by Crippen LogP contribution is -1.97. The monoisotopic (exact) mass is 248 g/mol. The van der Waals surface area contributed by atoms with Crippen LogP contribution in [0.2, 0.25) is 0 Å². The molecule has 0 bridgehead atoms. The summed E-state index contributed by atoms with van der Waals surface area (Å²) in [5.74, 6) is 0.482. The average molecular weight is 248 g/mol. The average Bonchev–Trinajstić information content (AvgIpc) is 2.59. The number of carboxylic acid groups (broad SMARTS) is 1. The first-order valence-corrected chi connectivity index (χ1v) is 6.04. The van der Waals surface area contributed by atoms with E-state index in [1.165, 1.54) is 6.08 Å². The maximum absolute atomic E-state index is 10.8. The van der Waals surface area contributed by atoms with Crippen LogP contribution in [0, 0.1) is 0 Å². The van der Waals surface area contributed by atoms with E-state index in [2.05, 4.69) is 0 Å². The van der Waals surface area contributed by atoms with Crippen molar-refractivity contribution in [2.75, 3.05) is 13.2 Å². The Bertz CT molecular complexity index is 477. The molecule has 1 aromatic carbocycles. The van der Waals surface area contributed by atoms with E-state index in [9.17, 15) is 4.79 Å². The number of aliphatic carboxylic acids is 1. The fourth-order valence-electron chi connectivity index (χ4n) is 1.90. The zero-order valence-electron chi connectivity index (χ0n) is 10.3. The van der Waals surface area contributed by atoms with E-state index < -0.39 is 5.97 Å². The second kappa shape index (κ2) is 5.58. The van der Waals surface area contributed by atoms with Gasteiger partial charge in [0, 0.05) is 12.5 Å². The topological polar surface area (TPSA) is 55.8 Å². The van der Waals surface area contributed by atoms with Gasteiger partial charge in [0.15, 0.2) is 11.5 Å². The summed E-state index contributed by atoms with van der Waals surface area (Å²) in [4.78, 5) is 10.8. The van der Waals surface area contributed by atoms with Gasteiger partial charge >= 0.3 is 5.97 Å². The molecule has 0 aliphatic carbocycles. The van der Waals surface area contributed by atoms with Gasteiger partial charge in [0.2, 0.25) is 0 Å². The lowest BCUT2D eigenvalue weighted by Gasteiger charge is -2.10. The summed E-state index contributed by atoms with van der Waals surface area (Å²) in [6.45, 7) is 3.20. The van der Waals surface area contributed by atoms with Crippen molar-refractivity contribution in [3.63, 3.8) is 0 Å². The molecule has 0 saturated carbocycles. The fourth-order valence-corrected chi connectivity index (χ4v) is 1.90. The Morgan fingerprint density at radius 3 is 2.72 bits per heavy atom. The smallest absolute Gasteiger partial charge is 0.328 e. The number of benzene rings is 1. The first kappa shape index (κ1) is 12.5. The van der Waals surface area contributed by atoms with E-state index in [4.69, 9.17) is 14.6 Å². The molecule has 96 valence electrons. The second-order valence-electron chi connectivity index (χ2n) is 4.07. The molecule has 4 heteroatoms. The molecule has 1 heterocycles. The molecule has 0 spiro atoms. The maximum atomic E-state index is 10.8. The molecule has 0 atom stereocenters. The van der Waals surface area contributed by atoms with E-state index in [1.807, 2.05) is 25.1 Å². The normalized spacial score (nSPS) is 15.1. The summed E-state index contributed by atoms with van der Waals surface area (Å²) in [5.41, 5.74) is 1.64. The van der Waals surface area contributed by atoms with Gasteiger partial charge in [-0.2, -0.15) is 0 Å². The van der Waals surface area contributed by atoms with Crippen molar-refractivity contribution in [2.45, 2.75) is 19.8 Å². The first-order chi connectivity index (χ1) is 8.70. The summed E-state index contributed by atoms with van der Waals surface area (Å²) in [5, 5.41) is 8.83. The maximum Gasteiger partial charge on any atom is 0.328 e. The van der Waals surface area contributed by atoms with Crippen LogP contribution < -0.4 is 9.47 Å². The fraction of sp³-hybridized carbons (Fsp3) is 0.357. The van der Waals surface area contributed by atoms with Gasteiger partial charge < -0.3 is 14.6 Å². The highest BCUT2D eigenvalue weighted by atomic mass is 16.5. The van der Waals surface area contributed by atoms with Crippen LogP contribution in [0.3, 0.4) is 0 Å². The number of hydrogen-bond donors (Lipinski definition) is 1. The van der Waals surface area contributed by atoms with Gasteiger partial charge in [0.05, 0.1) is 13.2 Å². The SMILES string of the molecule is CC/C(=C\C(=O)O)c1ccc2c(c1)OCCCO2. The minimum absolute atomic E-state index is 0.626. The Balaban J connectivity index is 2.35. The highest BCUT2D eigenvalue weighted by Gasteiger charge is 2.12. The summed E-state index contributed by atoms with van der Waals surface area (Å²) in [6, 6.07) is 5.55. The number of fused-ring (bicyclic) bond motifs is 1. The molecule has 1 aromatic rings. The van der Waals surface area contributed by atoms with Crippen LogP contribution in [0.4, 0.5) is 0 Å². The Kier molecular flexibility index (Phi) is 3.87. The van der Waals surface area contributed by atoms with Crippen molar-refractivity contribution in [1.82, 2.24) is 0 Å². The third-order valence-electron chi connectivity index (χ3n) is 2.80. The Morgan fingerprint density at radius 1 is 1.33 bits per heavy atom. The van der Waals surface area contributed by atoms with Crippen LogP contribution in [0.15, 0.2) is 24.3 Å². The number of carbonyl (C=O) groups is 1. The van der Waals surface area contributed by atoms with E-state index in [0.29, 0.717) is 25.4 Å². The van der Waals surface area contributed by atoms with E-state index >= 15 is 0 Å². The molecule has 1 aliphatic heterocycles.